The van der Waals surface area contributed by atoms with Gasteiger partial charge in [0.05, 0.1) is 0 Å². The third-order valence-electron chi connectivity index (χ3n) is 2.32. The Morgan fingerprint density at radius 2 is 2.24 bits per heavy atom. The first-order chi connectivity index (χ1) is 8.11. The average Bonchev–Trinajstić information content (AvgIpc) is 2.79. The largest absolute Gasteiger partial charge is 0.462 e. The lowest BCUT2D eigenvalue weighted by molar-refractivity contribution is -0.122. The molecule has 1 fully saturated rings. The van der Waals surface area contributed by atoms with Crippen molar-refractivity contribution in [2.24, 2.45) is 0 Å². The SMILES string of the molecule is C=CCN1C(=O)NC(=Cc2ccc(C)o2)C1=O. The highest BCUT2D eigenvalue weighted by molar-refractivity contribution is 6.13. The van der Waals surface area contributed by atoms with Crippen molar-refractivity contribution in [2.45, 2.75) is 6.92 Å². The molecule has 5 heteroatoms. The van der Waals surface area contributed by atoms with Gasteiger partial charge < -0.3 is 9.73 Å². The number of urea groups is 1. The lowest BCUT2D eigenvalue weighted by Crippen LogP contribution is -2.30. The van der Waals surface area contributed by atoms with Crippen molar-refractivity contribution in [3.63, 3.8) is 0 Å². The van der Waals surface area contributed by atoms with Crippen LogP contribution in [0.5, 0.6) is 0 Å². The molecular formula is C12H12N2O3. The lowest BCUT2D eigenvalue weighted by atomic mass is 10.3. The summed E-state index contributed by atoms with van der Waals surface area (Å²) in [5.74, 6) is 0.909. The molecule has 1 aliphatic heterocycles. The van der Waals surface area contributed by atoms with E-state index >= 15 is 0 Å². The summed E-state index contributed by atoms with van der Waals surface area (Å²) in [6, 6.07) is 3.08. The smallest absolute Gasteiger partial charge is 0.329 e. The molecule has 0 atom stereocenters. The second-order valence-corrected chi connectivity index (χ2v) is 3.64. The summed E-state index contributed by atoms with van der Waals surface area (Å²) in [5.41, 5.74) is 0.214. The van der Waals surface area contributed by atoms with E-state index in [0.29, 0.717) is 5.76 Å². The summed E-state index contributed by atoms with van der Waals surface area (Å²) >= 11 is 0. The molecule has 88 valence electrons. The molecule has 0 aromatic carbocycles. The summed E-state index contributed by atoms with van der Waals surface area (Å²) in [4.78, 5) is 24.3. The van der Waals surface area contributed by atoms with E-state index in [1.165, 1.54) is 12.2 Å². The Bertz CT molecular complexity index is 514. The number of nitrogens with one attached hydrogen (secondary N) is 1. The van der Waals surface area contributed by atoms with Gasteiger partial charge in [-0.1, -0.05) is 6.08 Å². The number of hydrogen-bond acceptors (Lipinski definition) is 3. The first kappa shape index (κ1) is 11.2. The Morgan fingerprint density at radius 1 is 1.47 bits per heavy atom. The van der Waals surface area contributed by atoms with Crippen molar-refractivity contribution in [1.29, 1.82) is 0 Å². The predicted octanol–water partition coefficient (Wildman–Crippen LogP) is 1.67. The monoisotopic (exact) mass is 232 g/mol. The lowest BCUT2D eigenvalue weighted by Gasteiger charge is -2.06. The van der Waals surface area contributed by atoms with Crippen molar-refractivity contribution in [2.75, 3.05) is 6.54 Å². The molecule has 0 saturated carbocycles. The third kappa shape index (κ3) is 2.13. The Hall–Kier alpha value is -2.30. The molecule has 1 aromatic rings. The predicted molar refractivity (Wildman–Crippen MR) is 61.9 cm³/mol. The van der Waals surface area contributed by atoms with E-state index in [2.05, 4.69) is 11.9 Å². The minimum absolute atomic E-state index is 0.194. The molecule has 17 heavy (non-hydrogen) atoms. The Labute approximate surface area is 98.4 Å². The van der Waals surface area contributed by atoms with Crippen molar-refractivity contribution in [1.82, 2.24) is 10.2 Å². The molecule has 0 spiro atoms. The van der Waals surface area contributed by atoms with Crippen LogP contribution in [0, 0.1) is 6.92 Å². The van der Waals surface area contributed by atoms with Crippen LogP contribution in [-0.4, -0.2) is 23.4 Å². The standard InChI is InChI=1S/C12H12N2O3/c1-3-6-14-11(15)10(13-12(14)16)7-9-5-4-8(2)17-9/h3-5,7H,1,6H2,2H3,(H,13,16). The number of carbonyl (C=O) groups is 2. The van der Waals surface area contributed by atoms with E-state index in [9.17, 15) is 9.59 Å². The Morgan fingerprint density at radius 3 is 2.82 bits per heavy atom. The number of rotatable bonds is 3. The molecule has 0 aliphatic carbocycles. The van der Waals surface area contributed by atoms with Crippen LogP contribution in [0.2, 0.25) is 0 Å². The first-order valence-corrected chi connectivity index (χ1v) is 5.13. The molecule has 3 amide bonds. The zero-order valence-corrected chi connectivity index (χ0v) is 9.40. The van der Waals surface area contributed by atoms with Crippen LogP contribution in [-0.2, 0) is 4.79 Å². The normalized spacial score (nSPS) is 17.7. The van der Waals surface area contributed by atoms with Gasteiger partial charge in [0.1, 0.15) is 17.2 Å². The fourth-order valence-corrected chi connectivity index (χ4v) is 1.54. The van der Waals surface area contributed by atoms with Crippen LogP contribution < -0.4 is 5.32 Å². The van der Waals surface area contributed by atoms with Crippen LogP contribution in [0.4, 0.5) is 4.79 Å². The first-order valence-electron chi connectivity index (χ1n) is 5.13. The van der Waals surface area contributed by atoms with Gasteiger partial charge in [-0.3, -0.25) is 9.69 Å². The maximum absolute atomic E-state index is 11.8. The quantitative estimate of drug-likeness (QED) is 0.490. The average molecular weight is 232 g/mol. The molecule has 0 unspecified atom stereocenters. The number of amides is 3. The Balaban J connectivity index is 2.24. The molecule has 2 heterocycles. The van der Waals surface area contributed by atoms with E-state index < -0.39 is 6.03 Å². The number of nitrogens with zero attached hydrogens (tertiary/aromatic N) is 1. The summed E-state index contributed by atoms with van der Waals surface area (Å²) in [6.45, 7) is 5.49. The minimum atomic E-state index is -0.440. The number of aryl methyl sites for hydroxylation is 1. The molecule has 0 radical (unpaired) electrons. The van der Waals surface area contributed by atoms with Gasteiger partial charge in [-0.25, -0.2) is 4.79 Å². The van der Waals surface area contributed by atoms with Crippen molar-refractivity contribution in [3.05, 3.63) is 42.0 Å². The molecule has 1 aliphatic rings. The molecule has 0 bridgehead atoms. The van der Waals surface area contributed by atoms with Crippen LogP contribution in [0.25, 0.3) is 6.08 Å². The van der Waals surface area contributed by atoms with Crippen LogP contribution >= 0.6 is 0 Å². The molecular weight excluding hydrogens is 220 g/mol. The minimum Gasteiger partial charge on any atom is -0.462 e. The van der Waals surface area contributed by atoms with Crippen LogP contribution in [0.15, 0.2) is 34.9 Å². The third-order valence-corrected chi connectivity index (χ3v) is 2.32. The molecule has 1 aromatic heterocycles. The van der Waals surface area contributed by atoms with E-state index in [-0.39, 0.29) is 18.1 Å². The van der Waals surface area contributed by atoms with Crippen molar-refractivity contribution < 1.29 is 14.0 Å². The molecule has 5 nitrogen and oxygen atoms in total. The van der Waals surface area contributed by atoms with Gasteiger partial charge >= 0.3 is 6.03 Å². The van der Waals surface area contributed by atoms with Gasteiger partial charge in [0.15, 0.2) is 0 Å². The summed E-state index contributed by atoms with van der Waals surface area (Å²) in [5, 5.41) is 2.49. The fourth-order valence-electron chi connectivity index (χ4n) is 1.54. The van der Waals surface area contributed by atoms with Gasteiger partial charge in [0, 0.05) is 12.6 Å². The van der Waals surface area contributed by atoms with E-state index in [1.807, 2.05) is 0 Å². The fraction of sp³-hybridized carbons (Fsp3) is 0.167. The van der Waals surface area contributed by atoms with Gasteiger partial charge in [-0.05, 0) is 19.1 Å². The van der Waals surface area contributed by atoms with Crippen molar-refractivity contribution in [3.8, 4) is 0 Å². The van der Waals surface area contributed by atoms with Crippen LogP contribution in [0.3, 0.4) is 0 Å². The zero-order chi connectivity index (χ0) is 12.4. The van der Waals surface area contributed by atoms with E-state index in [0.717, 1.165) is 10.7 Å². The van der Waals surface area contributed by atoms with Gasteiger partial charge in [0.25, 0.3) is 5.91 Å². The highest BCUT2D eigenvalue weighted by atomic mass is 16.3. The summed E-state index contributed by atoms with van der Waals surface area (Å²) in [6.07, 6.45) is 3.01. The van der Waals surface area contributed by atoms with Crippen molar-refractivity contribution >= 4 is 18.0 Å². The summed E-state index contributed by atoms with van der Waals surface area (Å²) < 4.78 is 5.31. The van der Waals surface area contributed by atoms with Gasteiger partial charge in [0.2, 0.25) is 0 Å². The maximum Gasteiger partial charge on any atom is 0.329 e. The zero-order valence-electron chi connectivity index (χ0n) is 9.40. The summed E-state index contributed by atoms with van der Waals surface area (Å²) in [7, 11) is 0. The van der Waals surface area contributed by atoms with Crippen LogP contribution in [0.1, 0.15) is 11.5 Å². The van der Waals surface area contributed by atoms with Gasteiger partial charge in [-0.2, -0.15) is 0 Å². The topological polar surface area (TPSA) is 62.6 Å². The number of furan rings is 1. The number of imide groups is 1. The highest BCUT2D eigenvalue weighted by Gasteiger charge is 2.32. The number of carbonyl (C=O) groups excluding carboxylic acids is 2. The maximum atomic E-state index is 11.8. The molecule has 2 rings (SSSR count). The molecule has 1 N–H and O–H groups in total. The second kappa shape index (κ2) is 4.29. The van der Waals surface area contributed by atoms with E-state index in [4.69, 9.17) is 4.42 Å². The Kier molecular flexibility index (Phi) is 2.82. The number of hydrogen-bond donors (Lipinski definition) is 1. The highest BCUT2D eigenvalue weighted by Crippen LogP contribution is 2.15. The van der Waals surface area contributed by atoms with Gasteiger partial charge in [-0.15, -0.1) is 6.58 Å². The molecule has 1 saturated heterocycles. The second-order valence-electron chi connectivity index (χ2n) is 3.64. The van der Waals surface area contributed by atoms with E-state index in [1.54, 1.807) is 19.1 Å².